The normalized spacial score (nSPS) is 17.7. The third-order valence-electron chi connectivity index (χ3n) is 3.57. The lowest BCUT2D eigenvalue weighted by Gasteiger charge is -2.33. The molecule has 1 amide bonds. The highest BCUT2D eigenvalue weighted by Crippen LogP contribution is 2.31. The second-order valence-electron chi connectivity index (χ2n) is 5.07. The molecule has 110 valence electrons. The monoisotopic (exact) mass is 277 g/mol. The van der Waals surface area contributed by atoms with E-state index in [0.29, 0.717) is 19.7 Å². The zero-order valence-corrected chi connectivity index (χ0v) is 12.0. The predicted molar refractivity (Wildman–Crippen MR) is 79.7 cm³/mol. The topological polar surface area (TPSA) is 67.6 Å². The molecule has 1 heterocycles. The smallest absolute Gasteiger partial charge is 0.239 e. The molecule has 2 rings (SSSR count). The minimum Gasteiger partial charge on any atom is -0.385 e. The highest BCUT2D eigenvalue weighted by atomic mass is 16.5. The number of fused-ring (bicyclic) bond motifs is 1. The summed E-state index contributed by atoms with van der Waals surface area (Å²) in [5.41, 5.74) is 8.32. The third-order valence-corrected chi connectivity index (χ3v) is 3.57. The van der Waals surface area contributed by atoms with Gasteiger partial charge in [-0.2, -0.15) is 0 Å². The molecule has 0 bridgehead atoms. The van der Waals surface area contributed by atoms with E-state index in [9.17, 15) is 4.79 Å². The van der Waals surface area contributed by atoms with E-state index in [1.807, 2.05) is 24.3 Å². The maximum atomic E-state index is 11.9. The zero-order chi connectivity index (χ0) is 14.4. The molecule has 0 radical (unpaired) electrons. The van der Waals surface area contributed by atoms with Crippen molar-refractivity contribution in [3.05, 3.63) is 29.8 Å². The van der Waals surface area contributed by atoms with Crippen LogP contribution in [-0.4, -0.2) is 39.3 Å². The van der Waals surface area contributed by atoms with Crippen LogP contribution >= 0.6 is 0 Å². The molecule has 1 aliphatic heterocycles. The lowest BCUT2D eigenvalue weighted by atomic mass is 9.97. The lowest BCUT2D eigenvalue weighted by Crippen LogP contribution is -2.41. The number of nitrogens with one attached hydrogen (secondary N) is 1. The lowest BCUT2D eigenvalue weighted by molar-refractivity contribution is -0.119. The molecule has 0 saturated heterocycles. The van der Waals surface area contributed by atoms with Gasteiger partial charge in [0.05, 0.1) is 6.54 Å². The van der Waals surface area contributed by atoms with E-state index in [0.717, 1.165) is 30.6 Å². The molecule has 1 aromatic carbocycles. The molecule has 3 N–H and O–H groups in total. The first-order chi connectivity index (χ1) is 9.72. The standard InChI is InChI=1S/C15H23N3O2/c1-20-10-4-8-17-15(19)11-18-9-7-13(16)12-5-2-3-6-14(12)18/h2-3,5-6,13H,4,7-11,16H2,1H3,(H,17,19). The Labute approximate surface area is 120 Å². The first-order valence-electron chi connectivity index (χ1n) is 7.07. The van der Waals surface area contributed by atoms with Crippen molar-refractivity contribution in [1.29, 1.82) is 0 Å². The van der Waals surface area contributed by atoms with Crippen molar-refractivity contribution >= 4 is 11.6 Å². The minimum atomic E-state index is 0.0476. The van der Waals surface area contributed by atoms with Gasteiger partial charge in [0, 0.05) is 38.5 Å². The van der Waals surface area contributed by atoms with Crippen LogP contribution in [0.25, 0.3) is 0 Å². The summed E-state index contributed by atoms with van der Waals surface area (Å²) in [7, 11) is 1.66. The molecule has 0 saturated carbocycles. The van der Waals surface area contributed by atoms with Gasteiger partial charge in [-0.3, -0.25) is 4.79 Å². The van der Waals surface area contributed by atoms with E-state index in [1.165, 1.54) is 0 Å². The van der Waals surface area contributed by atoms with Crippen LogP contribution in [0.4, 0.5) is 5.69 Å². The Morgan fingerprint density at radius 3 is 3.10 bits per heavy atom. The largest absolute Gasteiger partial charge is 0.385 e. The summed E-state index contributed by atoms with van der Waals surface area (Å²) < 4.78 is 4.96. The highest BCUT2D eigenvalue weighted by Gasteiger charge is 2.23. The molecule has 20 heavy (non-hydrogen) atoms. The van der Waals surface area contributed by atoms with Gasteiger partial charge in [-0.1, -0.05) is 18.2 Å². The maximum Gasteiger partial charge on any atom is 0.239 e. The molecular formula is C15H23N3O2. The SMILES string of the molecule is COCCCNC(=O)CN1CCC(N)c2ccccc21. The minimum absolute atomic E-state index is 0.0476. The zero-order valence-electron chi connectivity index (χ0n) is 12.0. The van der Waals surface area contributed by atoms with E-state index in [4.69, 9.17) is 10.5 Å². The molecule has 0 fully saturated rings. The second kappa shape index (κ2) is 7.26. The Morgan fingerprint density at radius 1 is 1.50 bits per heavy atom. The van der Waals surface area contributed by atoms with E-state index < -0.39 is 0 Å². The number of anilines is 1. The van der Waals surface area contributed by atoms with Gasteiger partial charge in [0.15, 0.2) is 0 Å². The number of rotatable bonds is 6. The van der Waals surface area contributed by atoms with E-state index in [-0.39, 0.29) is 11.9 Å². The van der Waals surface area contributed by atoms with Crippen LogP contribution in [0.15, 0.2) is 24.3 Å². The Balaban J connectivity index is 1.90. The summed E-state index contributed by atoms with van der Waals surface area (Å²) in [6.07, 6.45) is 1.72. The molecular weight excluding hydrogens is 254 g/mol. The van der Waals surface area contributed by atoms with Crippen LogP contribution in [0.3, 0.4) is 0 Å². The number of ether oxygens (including phenoxy) is 1. The summed E-state index contributed by atoms with van der Waals surface area (Å²) in [6.45, 7) is 2.53. The number of nitrogens with two attached hydrogens (primary N) is 1. The molecule has 1 unspecified atom stereocenters. The van der Waals surface area contributed by atoms with Gasteiger partial charge >= 0.3 is 0 Å². The van der Waals surface area contributed by atoms with Gasteiger partial charge in [-0.15, -0.1) is 0 Å². The molecule has 1 aromatic rings. The number of hydrogen-bond acceptors (Lipinski definition) is 4. The molecule has 5 nitrogen and oxygen atoms in total. The third kappa shape index (κ3) is 3.71. The Hall–Kier alpha value is -1.59. The molecule has 0 aromatic heterocycles. The summed E-state index contributed by atoms with van der Waals surface area (Å²) in [6, 6.07) is 8.13. The van der Waals surface area contributed by atoms with Crippen LogP contribution in [-0.2, 0) is 9.53 Å². The summed E-state index contributed by atoms with van der Waals surface area (Å²) in [5.74, 6) is 0.0476. The van der Waals surface area contributed by atoms with Crippen LogP contribution in [0.1, 0.15) is 24.4 Å². The second-order valence-corrected chi connectivity index (χ2v) is 5.07. The predicted octanol–water partition coefficient (Wildman–Crippen LogP) is 1.05. The van der Waals surface area contributed by atoms with Gasteiger partial charge < -0.3 is 20.7 Å². The Kier molecular flexibility index (Phi) is 5.38. The van der Waals surface area contributed by atoms with Gasteiger partial charge in [0.25, 0.3) is 0 Å². The molecule has 0 spiro atoms. The first-order valence-corrected chi connectivity index (χ1v) is 7.07. The van der Waals surface area contributed by atoms with Gasteiger partial charge in [0.2, 0.25) is 5.91 Å². The summed E-state index contributed by atoms with van der Waals surface area (Å²) in [5, 5.41) is 2.91. The quantitative estimate of drug-likeness (QED) is 0.763. The fourth-order valence-corrected chi connectivity index (χ4v) is 2.50. The van der Waals surface area contributed by atoms with Crippen molar-refractivity contribution in [3.8, 4) is 0 Å². The number of methoxy groups -OCH3 is 1. The maximum absolute atomic E-state index is 11.9. The van der Waals surface area contributed by atoms with Crippen molar-refractivity contribution in [2.45, 2.75) is 18.9 Å². The number of carbonyl (C=O) groups excluding carboxylic acids is 1. The number of nitrogens with zero attached hydrogens (tertiary/aromatic N) is 1. The Morgan fingerprint density at radius 2 is 2.30 bits per heavy atom. The number of para-hydroxylation sites is 1. The van der Waals surface area contributed by atoms with Crippen molar-refractivity contribution in [3.63, 3.8) is 0 Å². The van der Waals surface area contributed by atoms with Crippen LogP contribution in [0, 0.1) is 0 Å². The highest BCUT2D eigenvalue weighted by molar-refractivity contribution is 5.82. The molecule has 1 atom stereocenters. The van der Waals surface area contributed by atoms with Crippen molar-refractivity contribution in [2.24, 2.45) is 5.73 Å². The van der Waals surface area contributed by atoms with Gasteiger partial charge in [0.1, 0.15) is 0 Å². The van der Waals surface area contributed by atoms with Crippen molar-refractivity contribution in [2.75, 3.05) is 38.3 Å². The molecule has 1 aliphatic rings. The summed E-state index contributed by atoms with van der Waals surface area (Å²) in [4.78, 5) is 14.0. The molecule has 5 heteroatoms. The van der Waals surface area contributed by atoms with Crippen LogP contribution in [0.2, 0.25) is 0 Å². The molecule has 0 aliphatic carbocycles. The van der Waals surface area contributed by atoms with Crippen LogP contribution < -0.4 is 16.0 Å². The van der Waals surface area contributed by atoms with Crippen LogP contribution in [0.5, 0.6) is 0 Å². The summed E-state index contributed by atoms with van der Waals surface area (Å²) >= 11 is 0. The van der Waals surface area contributed by atoms with Gasteiger partial charge in [-0.25, -0.2) is 0 Å². The number of hydrogen-bond donors (Lipinski definition) is 2. The number of amides is 1. The number of benzene rings is 1. The van der Waals surface area contributed by atoms with Crippen molar-refractivity contribution < 1.29 is 9.53 Å². The first kappa shape index (κ1) is 14.8. The Bertz CT molecular complexity index is 450. The van der Waals surface area contributed by atoms with E-state index >= 15 is 0 Å². The van der Waals surface area contributed by atoms with Gasteiger partial charge in [-0.05, 0) is 24.5 Å². The van der Waals surface area contributed by atoms with E-state index in [1.54, 1.807) is 7.11 Å². The van der Waals surface area contributed by atoms with Crippen molar-refractivity contribution in [1.82, 2.24) is 5.32 Å². The number of carbonyl (C=O) groups is 1. The fraction of sp³-hybridized carbons (Fsp3) is 0.533. The average Bonchev–Trinajstić information content (AvgIpc) is 2.47. The average molecular weight is 277 g/mol. The van der Waals surface area contributed by atoms with E-state index in [2.05, 4.69) is 10.2 Å². The fourth-order valence-electron chi connectivity index (χ4n) is 2.50.